The molecule has 0 aliphatic heterocycles. The molecule has 2 heterocycles. The van der Waals surface area contributed by atoms with Gasteiger partial charge in [0.2, 0.25) is 15.9 Å². The standard InChI is InChI=1S/C22H27N5O3S/c1-3-16-11-17(18-8-10-22(30-2)23-13-18)7-9-21(16)31(28,29)26-19-5-4-6-20(12-19)27-14-24-25-15-27/h7-11,13-15,19-20,26H,3-6,12H2,1-2H3/t19-,20+/m0/s1. The molecular weight excluding hydrogens is 414 g/mol. The fourth-order valence-corrected chi connectivity index (χ4v) is 5.77. The summed E-state index contributed by atoms with van der Waals surface area (Å²) in [6, 6.07) is 9.27. The molecule has 1 aromatic carbocycles. The van der Waals surface area contributed by atoms with Crippen LogP contribution in [0.5, 0.6) is 5.88 Å². The number of pyridine rings is 1. The Bertz CT molecular complexity index is 1110. The molecule has 2 aromatic heterocycles. The van der Waals surface area contributed by atoms with Gasteiger partial charge in [-0.2, -0.15) is 0 Å². The molecule has 31 heavy (non-hydrogen) atoms. The van der Waals surface area contributed by atoms with Crippen LogP contribution in [0.1, 0.15) is 44.2 Å². The van der Waals surface area contributed by atoms with Gasteiger partial charge in [0.15, 0.2) is 0 Å². The first-order valence-electron chi connectivity index (χ1n) is 10.5. The highest BCUT2D eigenvalue weighted by Crippen LogP contribution is 2.30. The molecule has 9 heteroatoms. The summed E-state index contributed by atoms with van der Waals surface area (Å²) in [6.45, 7) is 1.97. The maximum atomic E-state index is 13.2. The fraction of sp³-hybridized carbons (Fsp3) is 0.409. The van der Waals surface area contributed by atoms with Gasteiger partial charge in [0.25, 0.3) is 0 Å². The summed E-state index contributed by atoms with van der Waals surface area (Å²) in [6.07, 6.45) is 9.26. The van der Waals surface area contributed by atoms with Crippen molar-refractivity contribution in [2.45, 2.75) is 56.0 Å². The smallest absolute Gasteiger partial charge is 0.241 e. The van der Waals surface area contributed by atoms with Crippen molar-refractivity contribution in [3.05, 3.63) is 54.7 Å². The van der Waals surface area contributed by atoms with E-state index in [1.165, 1.54) is 0 Å². The maximum absolute atomic E-state index is 13.2. The number of aromatic nitrogens is 4. The van der Waals surface area contributed by atoms with E-state index in [1.54, 1.807) is 38.1 Å². The second-order valence-corrected chi connectivity index (χ2v) is 9.50. The van der Waals surface area contributed by atoms with Crippen LogP contribution in [-0.2, 0) is 16.4 Å². The van der Waals surface area contributed by atoms with Crippen LogP contribution in [0.15, 0.2) is 54.1 Å². The van der Waals surface area contributed by atoms with Crippen LogP contribution in [-0.4, -0.2) is 41.3 Å². The topological polar surface area (TPSA) is 99.0 Å². The van der Waals surface area contributed by atoms with Crippen molar-refractivity contribution >= 4 is 10.0 Å². The van der Waals surface area contributed by atoms with Crippen molar-refractivity contribution in [3.8, 4) is 17.0 Å². The molecule has 1 aliphatic carbocycles. The molecule has 0 radical (unpaired) electrons. The average Bonchev–Trinajstić information content (AvgIpc) is 3.34. The third-order valence-corrected chi connectivity index (χ3v) is 7.46. The molecule has 0 spiro atoms. The number of hydrogen-bond donors (Lipinski definition) is 1. The first-order valence-corrected chi connectivity index (χ1v) is 12.0. The molecule has 0 amide bonds. The lowest BCUT2D eigenvalue weighted by molar-refractivity contribution is 0.305. The monoisotopic (exact) mass is 441 g/mol. The van der Waals surface area contributed by atoms with Crippen LogP contribution in [0, 0.1) is 0 Å². The first-order chi connectivity index (χ1) is 15.0. The minimum atomic E-state index is -3.63. The summed E-state index contributed by atoms with van der Waals surface area (Å²) in [4.78, 5) is 4.58. The largest absolute Gasteiger partial charge is 0.481 e. The molecule has 1 aliphatic rings. The fourth-order valence-electron chi connectivity index (χ4n) is 4.19. The lowest BCUT2D eigenvalue weighted by atomic mass is 9.91. The SMILES string of the molecule is CCc1cc(-c2ccc(OC)nc2)ccc1S(=O)(=O)N[C@H]1CCC[C@@H](n2cnnc2)C1. The lowest BCUT2D eigenvalue weighted by Crippen LogP contribution is -2.39. The number of ether oxygens (including phenoxy) is 1. The Morgan fingerprint density at radius 2 is 1.90 bits per heavy atom. The highest BCUT2D eigenvalue weighted by atomic mass is 32.2. The zero-order chi connectivity index (χ0) is 21.8. The first kappa shape index (κ1) is 21.5. The van der Waals surface area contributed by atoms with Gasteiger partial charge in [0.05, 0.1) is 12.0 Å². The Balaban J connectivity index is 1.54. The molecule has 1 fully saturated rings. The van der Waals surface area contributed by atoms with E-state index in [2.05, 4.69) is 19.9 Å². The molecule has 0 bridgehead atoms. The van der Waals surface area contributed by atoms with Gasteiger partial charge in [-0.3, -0.25) is 0 Å². The molecule has 0 unspecified atom stereocenters. The van der Waals surface area contributed by atoms with Crippen LogP contribution in [0.2, 0.25) is 0 Å². The lowest BCUT2D eigenvalue weighted by Gasteiger charge is -2.30. The Labute approximate surface area is 182 Å². The predicted octanol–water partition coefficient (Wildman–Crippen LogP) is 3.37. The second kappa shape index (κ2) is 9.15. The maximum Gasteiger partial charge on any atom is 0.241 e. The van der Waals surface area contributed by atoms with Crippen LogP contribution in [0.4, 0.5) is 0 Å². The van der Waals surface area contributed by atoms with Crippen molar-refractivity contribution in [1.82, 2.24) is 24.5 Å². The highest BCUT2D eigenvalue weighted by Gasteiger charge is 2.28. The van der Waals surface area contributed by atoms with Crippen LogP contribution >= 0.6 is 0 Å². The van der Waals surface area contributed by atoms with Gasteiger partial charge in [0, 0.05) is 29.9 Å². The van der Waals surface area contributed by atoms with Gasteiger partial charge in [-0.05, 0) is 61.4 Å². The molecule has 1 saturated carbocycles. The van der Waals surface area contributed by atoms with Gasteiger partial charge >= 0.3 is 0 Å². The molecular formula is C22H27N5O3S. The van der Waals surface area contributed by atoms with Crippen molar-refractivity contribution in [2.24, 2.45) is 0 Å². The van der Waals surface area contributed by atoms with E-state index in [-0.39, 0.29) is 12.1 Å². The number of nitrogens with one attached hydrogen (secondary N) is 1. The minimum Gasteiger partial charge on any atom is -0.481 e. The summed E-state index contributed by atoms with van der Waals surface area (Å²) >= 11 is 0. The van der Waals surface area contributed by atoms with Crippen molar-refractivity contribution in [2.75, 3.05) is 7.11 Å². The number of aryl methyl sites for hydroxylation is 1. The molecule has 3 aromatic rings. The summed E-state index contributed by atoms with van der Waals surface area (Å²) in [5, 5.41) is 7.75. The molecule has 1 N–H and O–H groups in total. The summed E-state index contributed by atoms with van der Waals surface area (Å²) in [7, 11) is -2.06. The molecule has 4 rings (SSSR count). The van der Waals surface area contributed by atoms with Crippen LogP contribution in [0.3, 0.4) is 0 Å². The Hall–Kier alpha value is -2.78. The van der Waals surface area contributed by atoms with E-state index in [0.29, 0.717) is 17.2 Å². The predicted molar refractivity (Wildman–Crippen MR) is 117 cm³/mol. The van der Waals surface area contributed by atoms with Crippen molar-refractivity contribution < 1.29 is 13.2 Å². The number of hydrogen-bond acceptors (Lipinski definition) is 6. The number of nitrogens with zero attached hydrogens (tertiary/aromatic N) is 4. The van der Waals surface area contributed by atoms with Crippen molar-refractivity contribution in [3.63, 3.8) is 0 Å². The Kier molecular flexibility index (Phi) is 6.33. The quantitative estimate of drug-likeness (QED) is 0.604. The Morgan fingerprint density at radius 1 is 1.13 bits per heavy atom. The normalized spacial score (nSPS) is 19.3. The van der Waals surface area contributed by atoms with Gasteiger partial charge in [-0.1, -0.05) is 13.0 Å². The molecule has 2 atom stereocenters. The van der Waals surface area contributed by atoms with Gasteiger partial charge in [0.1, 0.15) is 12.7 Å². The van der Waals surface area contributed by atoms with E-state index >= 15 is 0 Å². The molecule has 164 valence electrons. The third-order valence-electron chi connectivity index (χ3n) is 5.84. The average molecular weight is 442 g/mol. The van der Waals surface area contributed by atoms with Gasteiger partial charge in [-0.25, -0.2) is 18.1 Å². The minimum absolute atomic E-state index is 0.110. The van der Waals surface area contributed by atoms with Crippen molar-refractivity contribution in [1.29, 1.82) is 0 Å². The van der Waals surface area contributed by atoms with E-state index in [1.807, 2.05) is 29.7 Å². The van der Waals surface area contributed by atoms with E-state index in [4.69, 9.17) is 4.74 Å². The number of methoxy groups -OCH3 is 1. The molecule has 0 saturated heterocycles. The number of sulfonamides is 1. The van der Waals surface area contributed by atoms with Gasteiger partial charge < -0.3 is 9.30 Å². The third kappa shape index (κ3) is 4.77. The van der Waals surface area contributed by atoms with Crippen LogP contribution in [0.25, 0.3) is 11.1 Å². The summed E-state index contributed by atoms with van der Waals surface area (Å²) in [5.41, 5.74) is 2.62. The van der Waals surface area contributed by atoms with E-state index in [9.17, 15) is 8.42 Å². The number of benzene rings is 1. The zero-order valence-electron chi connectivity index (χ0n) is 17.7. The highest BCUT2D eigenvalue weighted by molar-refractivity contribution is 7.89. The molecule has 8 nitrogen and oxygen atoms in total. The van der Waals surface area contributed by atoms with E-state index in [0.717, 1.165) is 42.4 Å². The van der Waals surface area contributed by atoms with E-state index < -0.39 is 10.0 Å². The second-order valence-electron chi connectivity index (χ2n) is 7.81. The summed E-state index contributed by atoms with van der Waals surface area (Å²) in [5.74, 6) is 0.542. The summed E-state index contributed by atoms with van der Waals surface area (Å²) < 4.78 is 36.5. The zero-order valence-corrected chi connectivity index (χ0v) is 18.5. The van der Waals surface area contributed by atoms with Crippen LogP contribution < -0.4 is 9.46 Å². The van der Waals surface area contributed by atoms with Gasteiger partial charge in [-0.15, -0.1) is 10.2 Å². The number of rotatable bonds is 7. The Morgan fingerprint density at radius 3 is 2.58 bits per heavy atom.